The average molecular weight is 194 g/mol. The zero-order valence-corrected chi connectivity index (χ0v) is 9.11. The Bertz CT molecular complexity index is 267. The molecular formula is C11H18N2O. The first kappa shape index (κ1) is 11.1. The van der Waals surface area contributed by atoms with Crippen LogP contribution in [0.1, 0.15) is 27.2 Å². The Morgan fingerprint density at radius 2 is 2.29 bits per heavy atom. The van der Waals surface area contributed by atoms with E-state index in [0.29, 0.717) is 13.0 Å². The smallest absolute Gasteiger partial charge is 0.221 e. The van der Waals surface area contributed by atoms with Gasteiger partial charge in [0.15, 0.2) is 0 Å². The molecule has 0 radical (unpaired) electrons. The molecule has 1 aliphatic heterocycles. The van der Waals surface area contributed by atoms with Gasteiger partial charge >= 0.3 is 0 Å². The largest absolute Gasteiger partial charge is 0.354 e. The Morgan fingerprint density at radius 3 is 2.79 bits per heavy atom. The van der Waals surface area contributed by atoms with Crippen molar-refractivity contribution in [1.82, 2.24) is 10.6 Å². The number of amides is 1. The molecule has 0 aromatic carbocycles. The minimum absolute atomic E-state index is 0.0609. The fraction of sp³-hybridized carbons (Fsp3) is 0.727. The molecule has 1 fully saturated rings. The summed E-state index contributed by atoms with van der Waals surface area (Å²) in [5.74, 6) is 6.34. The quantitative estimate of drug-likeness (QED) is 0.629. The number of hydrogen-bond donors (Lipinski definition) is 2. The molecule has 0 bridgehead atoms. The van der Waals surface area contributed by atoms with Crippen LogP contribution in [0.15, 0.2) is 0 Å². The van der Waals surface area contributed by atoms with E-state index >= 15 is 0 Å². The second kappa shape index (κ2) is 4.47. The van der Waals surface area contributed by atoms with E-state index in [1.165, 1.54) is 0 Å². The van der Waals surface area contributed by atoms with Crippen molar-refractivity contribution in [3.05, 3.63) is 0 Å². The van der Waals surface area contributed by atoms with Gasteiger partial charge in [-0.15, -0.1) is 0 Å². The normalized spacial score (nSPS) is 21.4. The topological polar surface area (TPSA) is 41.1 Å². The van der Waals surface area contributed by atoms with Crippen LogP contribution in [0.3, 0.4) is 0 Å². The molecule has 1 atom stereocenters. The van der Waals surface area contributed by atoms with Gasteiger partial charge in [-0.2, -0.15) is 0 Å². The van der Waals surface area contributed by atoms with Crippen molar-refractivity contribution in [3.8, 4) is 11.8 Å². The first-order valence-electron chi connectivity index (χ1n) is 4.97. The molecule has 0 aromatic rings. The SMILES string of the molecule is CC(C)(C)C#CCNC1CNC(=O)C1. The lowest BCUT2D eigenvalue weighted by Crippen LogP contribution is -2.31. The highest BCUT2D eigenvalue weighted by Crippen LogP contribution is 2.09. The molecule has 78 valence electrons. The Hall–Kier alpha value is -1.01. The number of hydrogen-bond acceptors (Lipinski definition) is 2. The van der Waals surface area contributed by atoms with Crippen molar-refractivity contribution in [2.24, 2.45) is 5.41 Å². The number of carbonyl (C=O) groups excluding carboxylic acids is 1. The monoisotopic (exact) mass is 194 g/mol. The summed E-state index contributed by atoms with van der Waals surface area (Å²) in [5.41, 5.74) is 0.0609. The molecule has 1 rings (SSSR count). The first-order valence-corrected chi connectivity index (χ1v) is 4.97. The van der Waals surface area contributed by atoms with Gasteiger partial charge in [-0.05, 0) is 20.8 Å². The predicted molar refractivity (Wildman–Crippen MR) is 56.6 cm³/mol. The summed E-state index contributed by atoms with van der Waals surface area (Å²) in [6.45, 7) is 7.65. The van der Waals surface area contributed by atoms with Crippen LogP contribution in [0.4, 0.5) is 0 Å². The molecule has 0 spiro atoms. The lowest BCUT2D eigenvalue weighted by Gasteiger charge is -2.08. The minimum atomic E-state index is 0.0609. The first-order chi connectivity index (χ1) is 6.47. The zero-order valence-electron chi connectivity index (χ0n) is 9.11. The molecule has 0 aromatic heterocycles. The summed E-state index contributed by atoms with van der Waals surface area (Å²) in [4.78, 5) is 10.9. The van der Waals surface area contributed by atoms with Crippen molar-refractivity contribution in [2.45, 2.75) is 33.2 Å². The van der Waals surface area contributed by atoms with Crippen LogP contribution < -0.4 is 10.6 Å². The molecule has 1 heterocycles. The minimum Gasteiger partial charge on any atom is -0.354 e. The molecule has 0 saturated carbocycles. The Balaban J connectivity index is 2.21. The van der Waals surface area contributed by atoms with Crippen molar-refractivity contribution in [2.75, 3.05) is 13.1 Å². The van der Waals surface area contributed by atoms with E-state index in [0.717, 1.165) is 6.54 Å². The van der Waals surface area contributed by atoms with E-state index in [-0.39, 0.29) is 17.4 Å². The lowest BCUT2D eigenvalue weighted by atomic mass is 9.98. The third-order valence-corrected chi connectivity index (χ3v) is 1.92. The van der Waals surface area contributed by atoms with Crippen molar-refractivity contribution in [3.63, 3.8) is 0 Å². The Labute approximate surface area is 85.6 Å². The van der Waals surface area contributed by atoms with Crippen molar-refractivity contribution < 1.29 is 4.79 Å². The highest BCUT2D eigenvalue weighted by molar-refractivity contribution is 5.78. The standard InChI is InChI=1S/C11H18N2O/c1-11(2,3)5-4-6-12-9-7-10(14)13-8-9/h9,12H,6-8H2,1-3H3,(H,13,14). The van der Waals surface area contributed by atoms with Crippen LogP contribution in [0.2, 0.25) is 0 Å². The summed E-state index contributed by atoms with van der Waals surface area (Å²) < 4.78 is 0. The van der Waals surface area contributed by atoms with Gasteiger partial charge < -0.3 is 10.6 Å². The van der Waals surface area contributed by atoms with Crippen LogP contribution in [0, 0.1) is 17.3 Å². The maximum absolute atomic E-state index is 10.9. The van der Waals surface area contributed by atoms with E-state index in [2.05, 4.69) is 43.2 Å². The molecule has 2 N–H and O–H groups in total. The third-order valence-electron chi connectivity index (χ3n) is 1.92. The second-order valence-corrected chi connectivity index (χ2v) is 4.64. The third kappa shape index (κ3) is 4.29. The molecule has 1 amide bonds. The van der Waals surface area contributed by atoms with Crippen LogP contribution in [-0.2, 0) is 4.79 Å². The maximum Gasteiger partial charge on any atom is 0.221 e. The van der Waals surface area contributed by atoms with Gasteiger partial charge in [-0.3, -0.25) is 4.79 Å². The van der Waals surface area contributed by atoms with Gasteiger partial charge in [-0.1, -0.05) is 11.8 Å². The van der Waals surface area contributed by atoms with Gasteiger partial charge in [0, 0.05) is 24.4 Å². The molecule has 3 heteroatoms. The molecule has 0 aliphatic carbocycles. The highest BCUT2D eigenvalue weighted by atomic mass is 16.1. The highest BCUT2D eigenvalue weighted by Gasteiger charge is 2.19. The van der Waals surface area contributed by atoms with Crippen molar-refractivity contribution >= 4 is 5.91 Å². The van der Waals surface area contributed by atoms with E-state index in [9.17, 15) is 4.79 Å². The van der Waals surface area contributed by atoms with Gasteiger partial charge in [0.25, 0.3) is 0 Å². The number of carbonyl (C=O) groups is 1. The van der Waals surface area contributed by atoms with Gasteiger partial charge in [-0.25, -0.2) is 0 Å². The summed E-state index contributed by atoms with van der Waals surface area (Å²) in [7, 11) is 0. The van der Waals surface area contributed by atoms with Gasteiger partial charge in [0.1, 0.15) is 0 Å². The van der Waals surface area contributed by atoms with Crippen molar-refractivity contribution in [1.29, 1.82) is 0 Å². The van der Waals surface area contributed by atoms with Crippen LogP contribution in [-0.4, -0.2) is 25.0 Å². The summed E-state index contributed by atoms with van der Waals surface area (Å²) in [6, 6.07) is 0.261. The van der Waals surface area contributed by atoms with Crippen LogP contribution >= 0.6 is 0 Å². The van der Waals surface area contributed by atoms with Crippen LogP contribution in [0.5, 0.6) is 0 Å². The molecule has 14 heavy (non-hydrogen) atoms. The molecule has 1 aliphatic rings. The molecule has 1 saturated heterocycles. The maximum atomic E-state index is 10.9. The van der Waals surface area contributed by atoms with Crippen LogP contribution in [0.25, 0.3) is 0 Å². The second-order valence-electron chi connectivity index (χ2n) is 4.64. The fourth-order valence-corrected chi connectivity index (χ4v) is 1.25. The summed E-state index contributed by atoms with van der Waals surface area (Å²) in [6.07, 6.45) is 0.581. The summed E-state index contributed by atoms with van der Waals surface area (Å²) in [5, 5.41) is 6.00. The van der Waals surface area contributed by atoms with E-state index < -0.39 is 0 Å². The molecule has 1 unspecified atom stereocenters. The Morgan fingerprint density at radius 1 is 1.57 bits per heavy atom. The zero-order chi connectivity index (χ0) is 10.6. The average Bonchev–Trinajstić information content (AvgIpc) is 2.44. The lowest BCUT2D eigenvalue weighted by molar-refractivity contribution is -0.119. The summed E-state index contributed by atoms with van der Waals surface area (Å²) >= 11 is 0. The van der Waals surface area contributed by atoms with E-state index in [1.807, 2.05) is 0 Å². The molecule has 3 nitrogen and oxygen atoms in total. The fourth-order valence-electron chi connectivity index (χ4n) is 1.25. The number of rotatable bonds is 2. The molecular weight excluding hydrogens is 176 g/mol. The van der Waals surface area contributed by atoms with Gasteiger partial charge in [0.2, 0.25) is 5.91 Å². The van der Waals surface area contributed by atoms with E-state index in [1.54, 1.807) is 0 Å². The Kier molecular flexibility index (Phi) is 3.54. The van der Waals surface area contributed by atoms with E-state index in [4.69, 9.17) is 0 Å². The number of nitrogens with one attached hydrogen (secondary N) is 2. The predicted octanol–water partition coefficient (Wildman–Crippen LogP) is 0.514. The van der Waals surface area contributed by atoms with Gasteiger partial charge in [0.05, 0.1) is 6.54 Å².